The quantitative estimate of drug-likeness (QED) is 0.524. The van der Waals surface area contributed by atoms with Gasteiger partial charge in [-0.1, -0.05) is 49.0 Å². The van der Waals surface area contributed by atoms with Crippen LogP contribution in [0.4, 0.5) is 4.39 Å². The fourth-order valence-corrected chi connectivity index (χ4v) is 3.64. The largest absolute Gasteiger partial charge is 0.390 e. The Morgan fingerprint density at radius 2 is 1.86 bits per heavy atom. The second-order valence-corrected chi connectivity index (χ2v) is 7.57. The third-order valence-electron chi connectivity index (χ3n) is 5.37. The zero-order valence-corrected chi connectivity index (χ0v) is 17.5. The highest BCUT2D eigenvalue weighted by atomic mass is 19.1. The monoisotopic (exact) mass is 391 g/mol. The Hall–Kier alpha value is -2.85. The lowest BCUT2D eigenvalue weighted by atomic mass is 9.95. The summed E-state index contributed by atoms with van der Waals surface area (Å²) < 4.78 is 15.9. The van der Waals surface area contributed by atoms with E-state index in [-0.39, 0.29) is 17.9 Å². The third kappa shape index (κ3) is 5.36. The number of rotatable bonds is 9. The number of hydrogen-bond donors (Lipinski definition) is 2. The van der Waals surface area contributed by atoms with Crippen LogP contribution in [0.3, 0.4) is 0 Å². The van der Waals surface area contributed by atoms with Gasteiger partial charge < -0.3 is 9.88 Å². The van der Waals surface area contributed by atoms with Crippen molar-refractivity contribution in [3.05, 3.63) is 107 Å². The van der Waals surface area contributed by atoms with E-state index in [9.17, 15) is 4.39 Å². The number of halogens is 1. The average Bonchev–Trinajstić information content (AvgIpc) is 3.15. The minimum Gasteiger partial charge on any atom is -0.390 e. The molecular weight excluding hydrogens is 361 g/mol. The van der Waals surface area contributed by atoms with E-state index in [1.54, 1.807) is 6.07 Å². The van der Waals surface area contributed by atoms with Crippen molar-refractivity contribution in [3.8, 4) is 0 Å². The van der Waals surface area contributed by atoms with E-state index in [1.165, 1.54) is 5.56 Å². The number of benzene rings is 2. The lowest BCUT2D eigenvalue weighted by molar-refractivity contribution is 0.445. The Labute approximate surface area is 173 Å². The predicted molar refractivity (Wildman–Crippen MR) is 118 cm³/mol. The molecule has 3 nitrogen and oxygen atoms in total. The summed E-state index contributed by atoms with van der Waals surface area (Å²) >= 11 is 0. The summed E-state index contributed by atoms with van der Waals surface area (Å²) in [6, 6.07) is 17.8. The molecule has 29 heavy (non-hydrogen) atoms. The normalized spacial score (nSPS) is 13.1. The average molecular weight is 392 g/mol. The molecule has 0 saturated heterocycles. The number of aromatic nitrogens is 1. The van der Waals surface area contributed by atoms with Crippen LogP contribution in [0.15, 0.2) is 79.3 Å². The molecule has 152 valence electrons. The van der Waals surface area contributed by atoms with Gasteiger partial charge >= 0.3 is 0 Å². The van der Waals surface area contributed by atoms with E-state index in [0.717, 1.165) is 29.7 Å². The second kappa shape index (κ2) is 9.57. The van der Waals surface area contributed by atoms with Gasteiger partial charge in [0.1, 0.15) is 5.82 Å². The number of hydrogen-bond acceptors (Lipinski definition) is 2. The SMILES string of the molecule is C=C(NC)C(NC(CCc1ccn(C)c1)c1ccc(F)c(C)c1)c1ccccc1. The molecule has 2 unspecified atom stereocenters. The maximum atomic E-state index is 13.9. The number of nitrogens with one attached hydrogen (secondary N) is 2. The van der Waals surface area contributed by atoms with Crippen molar-refractivity contribution in [2.45, 2.75) is 31.8 Å². The van der Waals surface area contributed by atoms with Gasteiger partial charge in [-0.2, -0.15) is 0 Å². The summed E-state index contributed by atoms with van der Waals surface area (Å²) in [5.41, 5.74) is 5.10. The minimum atomic E-state index is -0.171. The lowest BCUT2D eigenvalue weighted by Crippen LogP contribution is -2.31. The first-order valence-electron chi connectivity index (χ1n) is 10.0. The van der Waals surface area contributed by atoms with E-state index >= 15 is 0 Å². The zero-order valence-electron chi connectivity index (χ0n) is 17.5. The van der Waals surface area contributed by atoms with Crippen molar-refractivity contribution >= 4 is 0 Å². The first-order valence-corrected chi connectivity index (χ1v) is 10.0. The minimum absolute atomic E-state index is 0.0488. The van der Waals surface area contributed by atoms with E-state index < -0.39 is 0 Å². The molecule has 0 radical (unpaired) electrons. The molecular formula is C25H30FN3. The van der Waals surface area contributed by atoms with Crippen LogP contribution in [0.2, 0.25) is 0 Å². The van der Waals surface area contributed by atoms with Gasteiger partial charge in [0.05, 0.1) is 6.04 Å². The number of aryl methyl sites for hydroxylation is 3. The second-order valence-electron chi connectivity index (χ2n) is 7.57. The molecule has 0 saturated carbocycles. The Morgan fingerprint density at radius 3 is 2.48 bits per heavy atom. The number of nitrogens with zero attached hydrogens (tertiary/aromatic N) is 1. The van der Waals surface area contributed by atoms with Crippen LogP contribution < -0.4 is 10.6 Å². The molecule has 1 heterocycles. The van der Waals surface area contributed by atoms with E-state index in [4.69, 9.17) is 0 Å². The highest BCUT2D eigenvalue weighted by molar-refractivity contribution is 5.30. The first kappa shape index (κ1) is 20.9. The fourth-order valence-electron chi connectivity index (χ4n) is 3.64. The van der Waals surface area contributed by atoms with Crippen molar-refractivity contribution in [3.63, 3.8) is 0 Å². The summed E-state index contributed by atoms with van der Waals surface area (Å²) in [6.45, 7) is 6.03. The smallest absolute Gasteiger partial charge is 0.126 e. The van der Waals surface area contributed by atoms with E-state index in [0.29, 0.717) is 5.56 Å². The van der Waals surface area contributed by atoms with Crippen LogP contribution in [0.5, 0.6) is 0 Å². The molecule has 2 aromatic carbocycles. The van der Waals surface area contributed by atoms with Crippen LogP contribution in [0, 0.1) is 12.7 Å². The fraction of sp³-hybridized carbons (Fsp3) is 0.280. The maximum Gasteiger partial charge on any atom is 0.126 e. The summed E-state index contributed by atoms with van der Waals surface area (Å²) in [4.78, 5) is 0. The van der Waals surface area contributed by atoms with Gasteiger partial charge in [-0.05, 0) is 54.2 Å². The van der Waals surface area contributed by atoms with Crippen molar-refractivity contribution in [1.29, 1.82) is 0 Å². The van der Waals surface area contributed by atoms with E-state index in [2.05, 4.69) is 52.4 Å². The third-order valence-corrected chi connectivity index (χ3v) is 5.37. The van der Waals surface area contributed by atoms with Crippen LogP contribution in [0.25, 0.3) is 0 Å². The van der Waals surface area contributed by atoms with Gasteiger partial charge in [-0.3, -0.25) is 5.32 Å². The Kier molecular flexibility index (Phi) is 6.89. The molecule has 0 bridgehead atoms. The Bertz CT molecular complexity index is 946. The molecule has 2 atom stereocenters. The molecule has 0 amide bonds. The molecule has 0 aliphatic heterocycles. The van der Waals surface area contributed by atoms with Crippen LogP contribution >= 0.6 is 0 Å². The summed E-state index contributed by atoms with van der Waals surface area (Å²) in [5.74, 6) is -0.171. The lowest BCUT2D eigenvalue weighted by Gasteiger charge is -2.28. The van der Waals surface area contributed by atoms with Gasteiger partial charge in [-0.15, -0.1) is 0 Å². The highest BCUT2D eigenvalue weighted by Crippen LogP contribution is 2.28. The maximum absolute atomic E-state index is 13.9. The summed E-state index contributed by atoms with van der Waals surface area (Å²) in [5, 5.41) is 6.97. The van der Waals surface area contributed by atoms with Crippen LogP contribution in [-0.4, -0.2) is 11.6 Å². The molecule has 3 aromatic rings. The van der Waals surface area contributed by atoms with E-state index in [1.807, 2.05) is 51.4 Å². The topological polar surface area (TPSA) is 29.0 Å². The molecule has 4 heteroatoms. The van der Waals surface area contributed by atoms with Crippen LogP contribution in [0.1, 0.15) is 40.8 Å². The van der Waals surface area contributed by atoms with Crippen LogP contribution in [-0.2, 0) is 13.5 Å². The summed E-state index contributed by atoms with van der Waals surface area (Å²) in [6.07, 6.45) is 6.04. The molecule has 1 aromatic heterocycles. The Balaban J connectivity index is 1.89. The molecule has 2 N–H and O–H groups in total. The highest BCUT2D eigenvalue weighted by Gasteiger charge is 2.21. The number of likely N-dealkylation sites (N-methyl/N-ethyl adjacent to an activating group) is 1. The van der Waals surface area contributed by atoms with Gasteiger partial charge in [0.2, 0.25) is 0 Å². The summed E-state index contributed by atoms with van der Waals surface area (Å²) in [7, 11) is 3.92. The van der Waals surface area contributed by atoms with Crippen molar-refractivity contribution in [2.75, 3.05) is 7.05 Å². The van der Waals surface area contributed by atoms with Gasteiger partial charge in [-0.25, -0.2) is 4.39 Å². The first-order chi connectivity index (χ1) is 14.0. The zero-order chi connectivity index (χ0) is 20.8. The molecule has 3 rings (SSSR count). The standard InChI is InChI=1S/C25H30FN3/c1-18-16-22(11-12-23(18)26)24(13-10-20-14-15-29(4)17-20)28-25(19(2)27-3)21-8-6-5-7-9-21/h5-9,11-12,14-17,24-25,27-28H,2,10,13H2,1,3-4H3. The molecule has 0 spiro atoms. The Morgan fingerprint density at radius 1 is 1.10 bits per heavy atom. The van der Waals surface area contributed by atoms with Gasteiger partial charge in [0.25, 0.3) is 0 Å². The van der Waals surface area contributed by atoms with Crippen molar-refractivity contribution in [1.82, 2.24) is 15.2 Å². The van der Waals surface area contributed by atoms with Crippen molar-refractivity contribution in [2.24, 2.45) is 7.05 Å². The van der Waals surface area contributed by atoms with Gasteiger partial charge in [0.15, 0.2) is 0 Å². The van der Waals surface area contributed by atoms with Gasteiger partial charge in [0, 0.05) is 38.2 Å². The molecule has 0 fully saturated rings. The molecule has 0 aliphatic carbocycles. The molecule has 0 aliphatic rings. The predicted octanol–water partition coefficient (Wildman–Crippen LogP) is 5.21. The van der Waals surface area contributed by atoms with Crippen molar-refractivity contribution < 1.29 is 4.39 Å².